The predicted octanol–water partition coefficient (Wildman–Crippen LogP) is 1.62. The molecule has 3 heterocycles. The number of carbonyl (C=O) groups excluding carboxylic acids is 2. The highest BCUT2D eigenvalue weighted by Gasteiger charge is 2.56. The van der Waals surface area contributed by atoms with Crippen molar-refractivity contribution in [1.29, 1.82) is 0 Å². The van der Waals surface area contributed by atoms with Gasteiger partial charge in [-0.25, -0.2) is 0 Å². The van der Waals surface area contributed by atoms with E-state index in [0.29, 0.717) is 36.7 Å². The molecule has 10 nitrogen and oxygen atoms in total. The number of carbonyl (C=O) groups is 2. The summed E-state index contributed by atoms with van der Waals surface area (Å²) in [6.45, 7) is 1.10. The van der Waals surface area contributed by atoms with Crippen molar-refractivity contribution in [2.24, 2.45) is 17.8 Å². The van der Waals surface area contributed by atoms with Crippen LogP contribution in [0.1, 0.15) is 43.7 Å². The lowest BCUT2D eigenvalue weighted by Gasteiger charge is -2.58. The van der Waals surface area contributed by atoms with Crippen molar-refractivity contribution >= 4 is 23.5 Å². The molecule has 2 amide bonds. The Morgan fingerprint density at radius 2 is 2.06 bits per heavy atom. The molecule has 2 aromatic heterocycles. The Morgan fingerprint density at radius 3 is 2.79 bits per heavy atom. The van der Waals surface area contributed by atoms with Gasteiger partial charge < -0.3 is 30.8 Å². The molecule has 4 saturated carbocycles. The molecule has 176 valence electrons. The summed E-state index contributed by atoms with van der Waals surface area (Å²) in [4.78, 5) is 28.1. The van der Waals surface area contributed by atoms with Crippen LogP contribution in [-0.2, 0) is 20.9 Å². The fraction of sp³-hybridized carbons (Fsp3) is 0.609. The third kappa shape index (κ3) is 3.34. The molecule has 33 heavy (non-hydrogen) atoms. The molecular weight excluding hydrogens is 424 g/mol. The maximum absolute atomic E-state index is 12.6. The summed E-state index contributed by atoms with van der Waals surface area (Å²) >= 11 is 0. The van der Waals surface area contributed by atoms with E-state index in [1.54, 1.807) is 0 Å². The second-order valence-electron chi connectivity index (χ2n) is 10.1. The number of aromatic nitrogens is 3. The number of nitrogens with zero attached hydrogens (tertiary/aromatic N) is 2. The van der Waals surface area contributed by atoms with Gasteiger partial charge in [-0.05, 0) is 55.9 Å². The van der Waals surface area contributed by atoms with Gasteiger partial charge in [0.25, 0.3) is 0 Å². The number of ether oxygens (including phenoxy) is 1. The van der Waals surface area contributed by atoms with Crippen molar-refractivity contribution in [3.8, 4) is 11.3 Å². The van der Waals surface area contributed by atoms with E-state index >= 15 is 0 Å². The van der Waals surface area contributed by atoms with Gasteiger partial charge >= 0.3 is 11.8 Å². The first-order valence-electron chi connectivity index (χ1n) is 11.8. The number of fused-ring (bicyclic) bond motifs is 3. The summed E-state index contributed by atoms with van der Waals surface area (Å²) in [5, 5.41) is 24.6. The number of aromatic amines is 1. The van der Waals surface area contributed by atoms with Crippen molar-refractivity contribution in [3.63, 3.8) is 0 Å². The summed E-state index contributed by atoms with van der Waals surface area (Å²) in [6, 6.07) is 2.20. The van der Waals surface area contributed by atoms with Gasteiger partial charge in [-0.2, -0.15) is 5.10 Å². The molecule has 1 aliphatic heterocycles. The van der Waals surface area contributed by atoms with Crippen LogP contribution in [0.15, 0.2) is 12.3 Å². The molecule has 10 heteroatoms. The van der Waals surface area contributed by atoms with Crippen LogP contribution in [0.4, 0.5) is 11.6 Å². The molecule has 5 aliphatic rings. The van der Waals surface area contributed by atoms with E-state index in [0.717, 1.165) is 54.7 Å². The molecule has 2 aromatic rings. The van der Waals surface area contributed by atoms with Gasteiger partial charge in [-0.1, -0.05) is 0 Å². The first-order valence-corrected chi connectivity index (χ1v) is 11.8. The van der Waals surface area contributed by atoms with Crippen LogP contribution in [0.5, 0.6) is 0 Å². The Balaban J connectivity index is 1.35. The quantitative estimate of drug-likeness (QED) is 0.344. The van der Waals surface area contributed by atoms with E-state index < -0.39 is 17.4 Å². The minimum atomic E-state index is -0.738. The van der Waals surface area contributed by atoms with Crippen LogP contribution < -0.4 is 16.0 Å². The maximum atomic E-state index is 12.6. The molecule has 7 rings (SSSR count). The van der Waals surface area contributed by atoms with E-state index in [1.165, 1.54) is 7.11 Å². The summed E-state index contributed by atoms with van der Waals surface area (Å²) in [5.41, 5.74) is 2.36. The number of hydrogen-bond acceptors (Lipinski definition) is 6. The lowest BCUT2D eigenvalue weighted by molar-refractivity contribution is -0.148. The molecule has 4 aliphatic carbocycles. The van der Waals surface area contributed by atoms with Gasteiger partial charge in [0.1, 0.15) is 5.82 Å². The van der Waals surface area contributed by atoms with E-state index in [4.69, 9.17) is 9.84 Å². The molecule has 0 spiro atoms. The van der Waals surface area contributed by atoms with Gasteiger partial charge in [0.2, 0.25) is 0 Å². The number of methoxy groups -OCH3 is 1. The minimum Gasteiger partial charge on any atom is -0.390 e. The summed E-state index contributed by atoms with van der Waals surface area (Å²) in [6.07, 6.45) is 6.66. The number of anilines is 2. The SMILES string of the molecule is COCCNC(=O)C(=O)Nc1nn(C2C3CC4CC2CC(O)(C4)C3)c2c1CNc1[nH]ccc1-2. The Labute approximate surface area is 191 Å². The zero-order valence-corrected chi connectivity index (χ0v) is 18.7. The van der Waals surface area contributed by atoms with Crippen LogP contribution in [0.3, 0.4) is 0 Å². The van der Waals surface area contributed by atoms with E-state index in [2.05, 4.69) is 25.6 Å². The highest BCUT2D eigenvalue weighted by molar-refractivity contribution is 6.39. The lowest BCUT2D eigenvalue weighted by Crippen LogP contribution is -2.55. The van der Waals surface area contributed by atoms with Crippen molar-refractivity contribution in [2.45, 2.75) is 50.3 Å². The van der Waals surface area contributed by atoms with Crippen LogP contribution in [0.2, 0.25) is 0 Å². The van der Waals surface area contributed by atoms with Crippen molar-refractivity contribution in [2.75, 3.05) is 30.9 Å². The standard InChI is InChI=1S/C23H30N6O4/c1-33-5-4-25-21(30)22(31)27-20-16-11-26-19-15(2-3-24-19)18(16)29(28-20)17-13-6-12-7-14(17)10-23(32,8-12)9-13/h2-3,12-14,17,24,26,32H,4-11H2,1H3,(H,25,30)(H,27,28,31). The molecular formula is C23H30N6O4. The lowest BCUT2D eigenvalue weighted by atomic mass is 9.52. The largest absolute Gasteiger partial charge is 0.390 e. The number of H-pyrrole nitrogens is 1. The maximum Gasteiger partial charge on any atom is 0.314 e. The number of amides is 2. The predicted molar refractivity (Wildman–Crippen MR) is 120 cm³/mol. The number of nitrogens with one attached hydrogen (secondary N) is 4. The Morgan fingerprint density at radius 1 is 1.27 bits per heavy atom. The number of hydrogen-bond donors (Lipinski definition) is 5. The van der Waals surface area contributed by atoms with Gasteiger partial charge in [0.15, 0.2) is 5.82 Å². The molecule has 4 bridgehead atoms. The normalized spacial score (nSPS) is 31.0. The summed E-state index contributed by atoms with van der Waals surface area (Å²) < 4.78 is 7.02. The number of aliphatic hydroxyl groups is 1. The van der Waals surface area contributed by atoms with E-state index in [1.807, 2.05) is 12.3 Å². The number of rotatable bonds is 5. The van der Waals surface area contributed by atoms with Gasteiger partial charge in [0, 0.05) is 37.5 Å². The average Bonchev–Trinajstić information content (AvgIpc) is 3.37. The second kappa shape index (κ2) is 7.59. The van der Waals surface area contributed by atoms with Crippen LogP contribution in [0.25, 0.3) is 11.3 Å². The first kappa shape index (κ1) is 20.7. The minimum absolute atomic E-state index is 0.178. The van der Waals surface area contributed by atoms with Crippen LogP contribution in [-0.4, -0.2) is 57.5 Å². The fourth-order valence-corrected chi connectivity index (χ4v) is 6.99. The Bertz CT molecular complexity index is 1090. The Kier molecular flexibility index (Phi) is 4.77. The zero-order chi connectivity index (χ0) is 22.7. The fourth-order valence-electron chi connectivity index (χ4n) is 6.99. The average molecular weight is 455 g/mol. The van der Waals surface area contributed by atoms with Gasteiger partial charge in [0.05, 0.1) is 23.9 Å². The monoisotopic (exact) mass is 454 g/mol. The molecule has 5 N–H and O–H groups in total. The van der Waals surface area contributed by atoms with Crippen molar-refractivity contribution < 1.29 is 19.4 Å². The van der Waals surface area contributed by atoms with E-state index in [9.17, 15) is 14.7 Å². The van der Waals surface area contributed by atoms with Gasteiger partial charge in [-0.15, -0.1) is 0 Å². The van der Waals surface area contributed by atoms with Crippen LogP contribution in [0, 0.1) is 17.8 Å². The molecule has 0 saturated heterocycles. The second-order valence-corrected chi connectivity index (χ2v) is 10.1. The van der Waals surface area contributed by atoms with E-state index in [-0.39, 0.29) is 12.6 Å². The molecule has 0 radical (unpaired) electrons. The first-order chi connectivity index (χ1) is 16.0. The van der Waals surface area contributed by atoms with Crippen molar-refractivity contribution in [1.82, 2.24) is 20.1 Å². The zero-order valence-electron chi connectivity index (χ0n) is 18.7. The highest BCUT2D eigenvalue weighted by atomic mass is 16.5. The van der Waals surface area contributed by atoms with Crippen molar-refractivity contribution in [3.05, 3.63) is 17.8 Å². The van der Waals surface area contributed by atoms with Crippen LogP contribution >= 0.6 is 0 Å². The third-order valence-electron chi connectivity index (χ3n) is 7.96. The molecule has 2 atom stereocenters. The molecule has 2 unspecified atom stereocenters. The highest BCUT2D eigenvalue weighted by Crippen LogP contribution is 2.60. The third-order valence-corrected chi connectivity index (χ3v) is 7.96. The van der Waals surface area contributed by atoms with Gasteiger partial charge in [-0.3, -0.25) is 14.3 Å². The summed E-state index contributed by atoms with van der Waals surface area (Å²) in [5.74, 6) is 1.22. The smallest absolute Gasteiger partial charge is 0.314 e. The summed E-state index contributed by atoms with van der Waals surface area (Å²) in [7, 11) is 1.54. The molecule has 4 fully saturated rings. The topological polar surface area (TPSA) is 133 Å². The molecule has 0 aromatic carbocycles. The Hall–Kier alpha value is -2.85.